The van der Waals surface area contributed by atoms with Crippen LogP contribution in [0.4, 0.5) is 5.69 Å². The first-order valence-electron chi connectivity index (χ1n) is 6.29. The van der Waals surface area contributed by atoms with Gasteiger partial charge in [0.1, 0.15) is 5.75 Å². The Morgan fingerprint density at radius 2 is 2.00 bits per heavy atom. The smallest absolute Gasteiger partial charge is 0.139 e. The highest BCUT2D eigenvalue weighted by atomic mass is 35.5. The van der Waals surface area contributed by atoms with Gasteiger partial charge >= 0.3 is 0 Å². The average Bonchev–Trinajstić information content (AvgIpc) is 2.48. The van der Waals surface area contributed by atoms with Crippen molar-refractivity contribution in [2.75, 3.05) is 5.32 Å². The second-order valence-corrected chi connectivity index (χ2v) is 4.92. The van der Waals surface area contributed by atoms with Crippen LogP contribution in [0.5, 0.6) is 5.75 Å². The number of hydrogen-bond acceptors (Lipinski definition) is 3. The van der Waals surface area contributed by atoms with Crippen molar-refractivity contribution in [3.63, 3.8) is 0 Å². The van der Waals surface area contributed by atoms with Gasteiger partial charge in [-0.05, 0) is 30.3 Å². The number of phenols is 1. The van der Waals surface area contributed by atoms with Crippen LogP contribution in [0.15, 0.2) is 54.7 Å². The van der Waals surface area contributed by atoms with Gasteiger partial charge < -0.3 is 10.4 Å². The molecule has 0 atom stereocenters. The molecule has 0 aliphatic heterocycles. The van der Waals surface area contributed by atoms with E-state index in [1.54, 1.807) is 12.3 Å². The van der Waals surface area contributed by atoms with Crippen LogP contribution in [-0.4, -0.2) is 10.1 Å². The van der Waals surface area contributed by atoms with Crippen LogP contribution >= 0.6 is 11.6 Å². The molecule has 0 bridgehead atoms. The van der Waals surface area contributed by atoms with E-state index in [4.69, 9.17) is 11.6 Å². The molecule has 0 saturated carbocycles. The van der Waals surface area contributed by atoms with Gasteiger partial charge in [-0.3, -0.25) is 4.98 Å². The summed E-state index contributed by atoms with van der Waals surface area (Å²) in [6, 6.07) is 15.2. The largest absolute Gasteiger partial charge is 0.506 e. The van der Waals surface area contributed by atoms with Crippen molar-refractivity contribution in [1.82, 2.24) is 4.98 Å². The lowest BCUT2D eigenvalue weighted by Gasteiger charge is -2.09. The Hall–Kier alpha value is -2.26. The highest BCUT2D eigenvalue weighted by molar-refractivity contribution is 6.32. The zero-order valence-corrected chi connectivity index (χ0v) is 11.4. The van der Waals surface area contributed by atoms with Gasteiger partial charge in [0, 0.05) is 29.4 Å². The number of para-hydroxylation sites is 1. The summed E-state index contributed by atoms with van der Waals surface area (Å²) in [6.45, 7) is 0.512. The number of phenolic OH excluding ortho intramolecular Hbond substituents is 1. The van der Waals surface area contributed by atoms with E-state index in [9.17, 15) is 5.11 Å². The Labute approximate surface area is 121 Å². The average molecular weight is 285 g/mol. The summed E-state index contributed by atoms with van der Waals surface area (Å²) in [7, 11) is 0. The molecular formula is C16H13ClN2O. The van der Waals surface area contributed by atoms with Crippen LogP contribution in [-0.2, 0) is 6.54 Å². The molecule has 2 N–H and O–H groups in total. The maximum atomic E-state index is 9.87. The van der Waals surface area contributed by atoms with Crippen LogP contribution in [0.25, 0.3) is 10.9 Å². The maximum Gasteiger partial charge on any atom is 0.139 e. The quantitative estimate of drug-likeness (QED) is 0.757. The number of anilines is 1. The van der Waals surface area contributed by atoms with Crippen molar-refractivity contribution in [2.45, 2.75) is 6.54 Å². The molecule has 20 heavy (non-hydrogen) atoms. The molecule has 3 nitrogen and oxygen atoms in total. The van der Waals surface area contributed by atoms with Crippen molar-refractivity contribution >= 4 is 28.2 Å². The lowest BCUT2D eigenvalue weighted by molar-refractivity contribution is 0.469. The molecule has 0 saturated heterocycles. The zero-order valence-electron chi connectivity index (χ0n) is 10.7. The van der Waals surface area contributed by atoms with Crippen LogP contribution in [0.2, 0.25) is 5.02 Å². The first-order valence-corrected chi connectivity index (χ1v) is 6.67. The molecule has 1 heterocycles. The van der Waals surface area contributed by atoms with E-state index >= 15 is 0 Å². The van der Waals surface area contributed by atoms with Gasteiger partial charge in [-0.25, -0.2) is 0 Å². The predicted octanol–water partition coefficient (Wildman–Crippen LogP) is 4.21. The Kier molecular flexibility index (Phi) is 3.44. The Morgan fingerprint density at radius 1 is 1.10 bits per heavy atom. The molecule has 0 unspecified atom stereocenters. The summed E-state index contributed by atoms with van der Waals surface area (Å²) in [6.07, 6.45) is 1.78. The van der Waals surface area contributed by atoms with Crippen LogP contribution < -0.4 is 5.32 Å². The molecule has 4 heteroatoms. The monoisotopic (exact) mass is 284 g/mol. The van der Waals surface area contributed by atoms with Gasteiger partial charge in [-0.2, -0.15) is 0 Å². The number of halogens is 1. The van der Waals surface area contributed by atoms with Crippen molar-refractivity contribution in [2.24, 2.45) is 0 Å². The molecule has 2 aromatic carbocycles. The molecule has 0 fully saturated rings. The zero-order chi connectivity index (χ0) is 13.9. The first kappa shape index (κ1) is 12.8. The van der Waals surface area contributed by atoms with E-state index in [0.29, 0.717) is 11.6 Å². The molecule has 0 aliphatic rings. The van der Waals surface area contributed by atoms with Gasteiger partial charge in [0.05, 0.1) is 10.5 Å². The minimum absolute atomic E-state index is 0.129. The molecule has 0 spiro atoms. The second-order valence-electron chi connectivity index (χ2n) is 4.51. The molecule has 0 radical (unpaired) electrons. The predicted molar refractivity (Wildman–Crippen MR) is 82.2 cm³/mol. The molecule has 0 amide bonds. The molecule has 0 aliphatic carbocycles. The fourth-order valence-electron chi connectivity index (χ4n) is 2.09. The third-order valence-corrected chi connectivity index (χ3v) is 3.46. The fourth-order valence-corrected chi connectivity index (χ4v) is 2.28. The lowest BCUT2D eigenvalue weighted by atomic mass is 10.1. The number of nitrogens with zero attached hydrogens (tertiary/aromatic N) is 1. The Bertz CT molecular complexity index is 758. The highest BCUT2D eigenvalue weighted by Crippen LogP contribution is 2.27. The summed E-state index contributed by atoms with van der Waals surface area (Å²) >= 11 is 5.89. The van der Waals surface area contributed by atoms with E-state index in [1.165, 1.54) is 0 Å². The van der Waals surface area contributed by atoms with E-state index in [-0.39, 0.29) is 5.75 Å². The minimum atomic E-state index is 0.129. The summed E-state index contributed by atoms with van der Waals surface area (Å²) in [5, 5.41) is 14.6. The SMILES string of the molecule is Oc1c(Cl)cccc1CNc1ccc2ncccc2c1. The van der Waals surface area contributed by atoms with E-state index < -0.39 is 0 Å². The summed E-state index contributed by atoms with van der Waals surface area (Å²) in [5.41, 5.74) is 2.71. The van der Waals surface area contributed by atoms with Crippen molar-refractivity contribution in [1.29, 1.82) is 0 Å². The number of aromatic hydroxyl groups is 1. The third kappa shape index (κ3) is 2.53. The fraction of sp³-hybridized carbons (Fsp3) is 0.0625. The van der Waals surface area contributed by atoms with Gasteiger partial charge in [0.15, 0.2) is 0 Å². The number of rotatable bonds is 3. The second kappa shape index (κ2) is 5.39. The summed E-state index contributed by atoms with van der Waals surface area (Å²) < 4.78 is 0. The molecular weight excluding hydrogens is 272 g/mol. The van der Waals surface area contributed by atoms with E-state index in [0.717, 1.165) is 22.2 Å². The molecule has 3 aromatic rings. The van der Waals surface area contributed by atoms with Crippen molar-refractivity contribution in [3.8, 4) is 5.75 Å². The number of benzene rings is 2. The Balaban J connectivity index is 1.81. The van der Waals surface area contributed by atoms with Gasteiger partial charge in [0.25, 0.3) is 0 Å². The lowest BCUT2D eigenvalue weighted by Crippen LogP contribution is -1.99. The maximum absolute atomic E-state index is 9.87. The topological polar surface area (TPSA) is 45.1 Å². The van der Waals surface area contributed by atoms with Crippen LogP contribution in [0.3, 0.4) is 0 Å². The van der Waals surface area contributed by atoms with Crippen LogP contribution in [0.1, 0.15) is 5.56 Å². The first-order chi connectivity index (χ1) is 9.74. The summed E-state index contributed by atoms with van der Waals surface area (Å²) in [4.78, 5) is 4.28. The molecule has 3 rings (SSSR count). The third-order valence-electron chi connectivity index (χ3n) is 3.16. The van der Waals surface area contributed by atoms with Crippen LogP contribution in [0, 0.1) is 0 Å². The molecule has 1 aromatic heterocycles. The number of aromatic nitrogens is 1. The number of nitrogens with one attached hydrogen (secondary N) is 1. The number of hydrogen-bond donors (Lipinski definition) is 2. The van der Waals surface area contributed by atoms with E-state index in [1.807, 2.05) is 42.5 Å². The van der Waals surface area contributed by atoms with Gasteiger partial charge in [-0.1, -0.05) is 29.8 Å². The molecule has 100 valence electrons. The number of pyridine rings is 1. The van der Waals surface area contributed by atoms with Crippen molar-refractivity contribution in [3.05, 3.63) is 65.3 Å². The van der Waals surface area contributed by atoms with Crippen molar-refractivity contribution < 1.29 is 5.11 Å². The summed E-state index contributed by atoms with van der Waals surface area (Å²) in [5.74, 6) is 0.129. The van der Waals surface area contributed by atoms with E-state index in [2.05, 4.69) is 10.3 Å². The normalized spacial score (nSPS) is 10.7. The Morgan fingerprint density at radius 3 is 2.90 bits per heavy atom. The standard InChI is InChI=1S/C16H13ClN2O/c17-14-5-1-3-12(16(14)20)10-19-13-6-7-15-11(9-13)4-2-8-18-15/h1-9,19-20H,10H2. The van der Waals surface area contributed by atoms with Gasteiger partial charge in [0.2, 0.25) is 0 Å². The number of fused-ring (bicyclic) bond motifs is 1. The highest BCUT2D eigenvalue weighted by Gasteiger charge is 2.05. The van der Waals surface area contributed by atoms with Gasteiger partial charge in [-0.15, -0.1) is 0 Å². The minimum Gasteiger partial charge on any atom is -0.506 e.